The van der Waals surface area contributed by atoms with Crippen molar-refractivity contribution < 1.29 is 31.2 Å². The molecule has 12 nitrogen and oxygen atoms in total. The highest BCUT2D eigenvalue weighted by molar-refractivity contribution is 7.80. The molecule has 2 atom stereocenters. The van der Waals surface area contributed by atoms with Crippen LogP contribution in [0.5, 0.6) is 0 Å². The number of aromatic nitrogens is 2. The van der Waals surface area contributed by atoms with Crippen LogP contribution in [0.3, 0.4) is 0 Å². The molecule has 1 saturated carbocycles. The van der Waals surface area contributed by atoms with Gasteiger partial charge in [-0.1, -0.05) is 0 Å². The smallest absolute Gasteiger partial charge is 0.418 e. The summed E-state index contributed by atoms with van der Waals surface area (Å²) < 4.78 is 46.2. The average molecular weight is 389 g/mol. The van der Waals surface area contributed by atoms with E-state index < -0.39 is 28.5 Å². The number of hydrogen-bond donors (Lipinski definition) is 2. The molecule has 3 N–H and O–H groups in total. The number of rotatable bonds is 6. The number of nitrogens with zero attached hydrogens (tertiary/aromatic N) is 4. The van der Waals surface area contributed by atoms with E-state index in [0.29, 0.717) is 23.8 Å². The molecule has 2 bridgehead atoms. The Bertz CT molecular complexity index is 793. The Labute approximate surface area is 149 Å². The first-order valence-corrected chi connectivity index (χ1v) is 9.63. The van der Waals surface area contributed by atoms with E-state index >= 15 is 0 Å². The van der Waals surface area contributed by atoms with Crippen molar-refractivity contribution in [3.63, 3.8) is 0 Å². The molecular weight excluding hydrogens is 370 g/mol. The molecule has 3 fully saturated rings. The molecule has 1 aliphatic carbocycles. The fourth-order valence-electron chi connectivity index (χ4n) is 3.48. The van der Waals surface area contributed by atoms with E-state index in [2.05, 4.69) is 14.5 Å². The molecule has 2 unspecified atom stereocenters. The monoisotopic (exact) mass is 389 g/mol. The Kier molecular flexibility index (Phi) is 4.35. The zero-order chi connectivity index (χ0) is 18.5. The Morgan fingerprint density at radius 3 is 2.77 bits per heavy atom. The van der Waals surface area contributed by atoms with E-state index in [-0.39, 0.29) is 31.2 Å². The quantitative estimate of drug-likeness (QED) is 0.621. The SMILES string of the molecule is NC1CC(OCc2nnc(C3CCC4CN3C(=O)N4OS(=O)(=O)O)o2)C1. The topological polar surface area (TPSA) is 161 Å². The lowest BCUT2D eigenvalue weighted by Crippen LogP contribution is -2.41. The van der Waals surface area contributed by atoms with Crippen molar-refractivity contribution >= 4 is 16.4 Å². The Morgan fingerprint density at radius 2 is 2.08 bits per heavy atom. The van der Waals surface area contributed by atoms with Crippen molar-refractivity contribution in [3.05, 3.63) is 11.8 Å². The van der Waals surface area contributed by atoms with Gasteiger partial charge in [-0.25, -0.2) is 4.79 Å². The summed E-state index contributed by atoms with van der Waals surface area (Å²) in [5.41, 5.74) is 5.70. The fraction of sp³-hybridized carbons (Fsp3) is 0.769. The van der Waals surface area contributed by atoms with Crippen LogP contribution in [0.1, 0.15) is 43.5 Å². The van der Waals surface area contributed by atoms with Crippen molar-refractivity contribution in [2.75, 3.05) is 6.54 Å². The molecule has 1 aromatic rings. The van der Waals surface area contributed by atoms with Crippen molar-refractivity contribution in [2.45, 2.75) is 56.5 Å². The number of carbonyl (C=O) groups is 1. The van der Waals surface area contributed by atoms with E-state index in [1.54, 1.807) is 0 Å². The third-order valence-electron chi connectivity index (χ3n) is 4.84. The predicted molar refractivity (Wildman–Crippen MR) is 82.4 cm³/mol. The number of nitrogens with two attached hydrogens (primary N) is 1. The number of ether oxygens (including phenoxy) is 1. The minimum absolute atomic E-state index is 0.0992. The molecule has 1 aromatic heterocycles. The first-order chi connectivity index (χ1) is 12.3. The van der Waals surface area contributed by atoms with Gasteiger partial charge in [0, 0.05) is 12.6 Å². The van der Waals surface area contributed by atoms with Crippen LogP contribution in [0, 0.1) is 0 Å². The van der Waals surface area contributed by atoms with Crippen LogP contribution in [0.15, 0.2) is 4.42 Å². The number of hydroxylamine groups is 2. The molecule has 2 amide bonds. The molecule has 144 valence electrons. The molecule has 0 aromatic carbocycles. The van der Waals surface area contributed by atoms with E-state index in [1.165, 1.54) is 4.90 Å². The Morgan fingerprint density at radius 1 is 1.31 bits per heavy atom. The van der Waals surface area contributed by atoms with Crippen molar-refractivity contribution in [1.29, 1.82) is 0 Å². The third-order valence-corrected chi connectivity index (χ3v) is 5.19. The number of fused-ring (bicyclic) bond motifs is 2. The van der Waals surface area contributed by atoms with Crippen LogP contribution < -0.4 is 5.73 Å². The lowest BCUT2D eigenvalue weighted by Gasteiger charge is -2.31. The normalized spacial score (nSPS) is 31.4. The molecule has 26 heavy (non-hydrogen) atoms. The number of amides is 2. The number of urea groups is 1. The summed E-state index contributed by atoms with van der Waals surface area (Å²) in [5.74, 6) is 0.565. The molecule has 0 spiro atoms. The first-order valence-electron chi connectivity index (χ1n) is 8.26. The Balaban J connectivity index is 1.40. The molecular formula is C13H19N5O7S. The molecule has 0 radical (unpaired) electrons. The van der Waals surface area contributed by atoms with Gasteiger partial charge in [-0.15, -0.1) is 14.5 Å². The number of piperidine rings is 1. The standard InChI is InChI=1S/C13H19N5O7S/c14-7-3-9(4-7)23-6-11-15-16-12(24-11)10-2-1-8-5-17(10)13(19)18(8)25-26(20,21)22/h7-10H,1-6,14H2,(H,20,21,22). The average Bonchev–Trinajstić information content (AvgIpc) is 3.10. The second-order valence-electron chi connectivity index (χ2n) is 6.71. The Hall–Kier alpha value is -1.80. The summed E-state index contributed by atoms with van der Waals surface area (Å²) in [5, 5.41) is 8.60. The third kappa shape index (κ3) is 3.40. The van der Waals surface area contributed by atoms with Gasteiger partial charge < -0.3 is 19.8 Å². The highest BCUT2D eigenvalue weighted by atomic mass is 32.3. The lowest BCUT2D eigenvalue weighted by molar-refractivity contribution is -0.0318. The number of hydrogen-bond acceptors (Lipinski definition) is 9. The van der Waals surface area contributed by atoms with Crippen LogP contribution in [0.25, 0.3) is 0 Å². The van der Waals surface area contributed by atoms with Crippen LogP contribution in [0.4, 0.5) is 4.79 Å². The van der Waals surface area contributed by atoms with Crippen LogP contribution in [0.2, 0.25) is 0 Å². The molecule has 2 saturated heterocycles. The van der Waals surface area contributed by atoms with Crippen LogP contribution in [-0.2, 0) is 26.0 Å². The summed E-state index contributed by atoms with van der Waals surface area (Å²) in [7, 11) is -4.77. The van der Waals surface area contributed by atoms with Crippen molar-refractivity contribution in [2.24, 2.45) is 5.73 Å². The molecule has 13 heteroatoms. The van der Waals surface area contributed by atoms with E-state index in [1.807, 2.05) is 0 Å². The minimum atomic E-state index is -4.77. The largest absolute Gasteiger partial charge is 0.420 e. The van der Waals surface area contributed by atoms with Crippen LogP contribution in [-0.4, -0.2) is 63.9 Å². The van der Waals surface area contributed by atoms with Crippen molar-refractivity contribution in [1.82, 2.24) is 20.2 Å². The highest BCUT2D eigenvalue weighted by Crippen LogP contribution is 2.38. The maximum Gasteiger partial charge on any atom is 0.418 e. The molecule has 2 aliphatic heterocycles. The summed E-state index contributed by atoms with van der Waals surface area (Å²) in [4.78, 5) is 13.8. The van der Waals surface area contributed by atoms with Gasteiger partial charge in [-0.3, -0.25) is 4.55 Å². The lowest BCUT2D eigenvalue weighted by atomic mass is 9.90. The molecule has 3 aliphatic rings. The summed E-state index contributed by atoms with van der Waals surface area (Å²) in [6, 6.07) is -1.43. The zero-order valence-corrected chi connectivity index (χ0v) is 14.5. The van der Waals surface area contributed by atoms with Gasteiger partial charge >= 0.3 is 16.4 Å². The predicted octanol–water partition coefficient (Wildman–Crippen LogP) is -0.249. The first kappa shape index (κ1) is 17.6. The highest BCUT2D eigenvalue weighted by Gasteiger charge is 2.49. The van der Waals surface area contributed by atoms with E-state index in [9.17, 15) is 13.2 Å². The van der Waals surface area contributed by atoms with Gasteiger partial charge in [-0.05, 0) is 25.7 Å². The number of carbonyl (C=O) groups excluding carboxylic acids is 1. The van der Waals surface area contributed by atoms with Gasteiger partial charge in [0.2, 0.25) is 11.8 Å². The minimum Gasteiger partial charge on any atom is -0.420 e. The summed E-state index contributed by atoms with van der Waals surface area (Å²) in [6.45, 7) is 0.416. The van der Waals surface area contributed by atoms with Gasteiger partial charge in [0.15, 0.2) is 0 Å². The van der Waals surface area contributed by atoms with Gasteiger partial charge in [0.25, 0.3) is 0 Å². The zero-order valence-electron chi connectivity index (χ0n) is 13.7. The summed E-state index contributed by atoms with van der Waals surface area (Å²) in [6.07, 6.45) is 2.67. The van der Waals surface area contributed by atoms with Gasteiger partial charge in [0.1, 0.15) is 12.6 Å². The second kappa shape index (κ2) is 6.42. The van der Waals surface area contributed by atoms with E-state index in [4.69, 9.17) is 19.4 Å². The maximum atomic E-state index is 12.4. The van der Waals surface area contributed by atoms with Gasteiger partial charge in [-0.2, -0.15) is 13.5 Å². The molecule has 3 heterocycles. The fourth-order valence-corrected chi connectivity index (χ4v) is 3.87. The summed E-state index contributed by atoms with van der Waals surface area (Å²) >= 11 is 0. The molecule has 4 rings (SSSR count). The van der Waals surface area contributed by atoms with E-state index in [0.717, 1.165) is 12.8 Å². The van der Waals surface area contributed by atoms with Crippen LogP contribution >= 0.6 is 0 Å². The maximum absolute atomic E-state index is 12.4. The van der Waals surface area contributed by atoms with Gasteiger partial charge in [0.05, 0.1) is 12.1 Å². The second-order valence-corrected chi connectivity index (χ2v) is 7.71. The van der Waals surface area contributed by atoms with Crippen molar-refractivity contribution in [3.8, 4) is 0 Å².